The fourth-order valence-electron chi connectivity index (χ4n) is 2.38. The SMILES string of the molecule is CCCNC(CN1CCC(C(F)(F)F)C1)C(C)C. The van der Waals surface area contributed by atoms with Crippen LogP contribution in [-0.4, -0.2) is 43.3 Å². The second-order valence-corrected chi connectivity index (χ2v) is 5.59. The van der Waals surface area contributed by atoms with E-state index in [2.05, 4.69) is 26.1 Å². The fourth-order valence-corrected chi connectivity index (χ4v) is 2.38. The van der Waals surface area contributed by atoms with Crippen molar-refractivity contribution in [1.29, 1.82) is 0 Å². The number of nitrogens with one attached hydrogen (secondary N) is 1. The zero-order valence-corrected chi connectivity index (χ0v) is 11.6. The summed E-state index contributed by atoms with van der Waals surface area (Å²) in [4.78, 5) is 1.95. The molecule has 0 amide bonds. The van der Waals surface area contributed by atoms with Crippen LogP contribution >= 0.6 is 0 Å². The molecule has 0 radical (unpaired) electrons. The quantitative estimate of drug-likeness (QED) is 0.795. The van der Waals surface area contributed by atoms with Gasteiger partial charge in [0.1, 0.15) is 0 Å². The van der Waals surface area contributed by atoms with Crippen LogP contribution in [0.2, 0.25) is 0 Å². The van der Waals surface area contributed by atoms with Crippen molar-refractivity contribution in [1.82, 2.24) is 10.2 Å². The van der Waals surface area contributed by atoms with Crippen LogP contribution in [0.25, 0.3) is 0 Å². The summed E-state index contributed by atoms with van der Waals surface area (Å²) in [5.41, 5.74) is 0. The van der Waals surface area contributed by atoms with Crippen LogP contribution in [0.15, 0.2) is 0 Å². The first kappa shape index (κ1) is 15.8. The van der Waals surface area contributed by atoms with Crippen molar-refractivity contribution in [3.05, 3.63) is 0 Å². The summed E-state index contributed by atoms with van der Waals surface area (Å²) in [5, 5.41) is 3.43. The molecule has 1 aliphatic heterocycles. The van der Waals surface area contributed by atoms with E-state index >= 15 is 0 Å². The van der Waals surface area contributed by atoms with Crippen molar-refractivity contribution in [2.75, 3.05) is 26.2 Å². The lowest BCUT2D eigenvalue weighted by molar-refractivity contribution is -0.170. The first-order chi connectivity index (χ1) is 8.34. The predicted molar refractivity (Wildman–Crippen MR) is 67.5 cm³/mol. The van der Waals surface area contributed by atoms with Crippen LogP contribution in [0.5, 0.6) is 0 Å². The highest BCUT2D eigenvalue weighted by atomic mass is 19.4. The van der Waals surface area contributed by atoms with E-state index in [9.17, 15) is 13.2 Å². The Balaban J connectivity index is 2.42. The van der Waals surface area contributed by atoms with Crippen molar-refractivity contribution < 1.29 is 13.2 Å². The van der Waals surface area contributed by atoms with Crippen molar-refractivity contribution in [3.8, 4) is 0 Å². The third-order valence-corrected chi connectivity index (χ3v) is 3.65. The molecule has 1 fully saturated rings. The number of halogens is 3. The molecule has 1 heterocycles. The standard InChI is InChI=1S/C13H25F3N2/c1-4-6-17-12(10(2)3)9-18-7-5-11(8-18)13(14,15)16/h10-12,17H,4-9H2,1-3H3. The van der Waals surface area contributed by atoms with E-state index in [0.717, 1.165) is 19.5 Å². The minimum atomic E-state index is -4.03. The highest BCUT2D eigenvalue weighted by Crippen LogP contribution is 2.33. The van der Waals surface area contributed by atoms with Crippen molar-refractivity contribution in [2.45, 2.75) is 45.8 Å². The Labute approximate surface area is 108 Å². The van der Waals surface area contributed by atoms with E-state index in [-0.39, 0.29) is 19.0 Å². The summed E-state index contributed by atoms with van der Waals surface area (Å²) in [6, 6.07) is 0.289. The average Bonchev–Trinajstić information content (AvgIpc) is 2.71. The maximum absolute atomic E-state index is 12.6. The minimum absolute atomic E-state index is 0.167. The van der Waals surface area contributed by atoms with Crippen LogP contribution in [0.3, 0.4) is 0 Å². The van der Waals surface area contributed by atoms with E-state index < -0.39 is 12.1 Å². The monoisotopic (exact) mass is 266 g/mol. The molecule has 0 aromatic carbocycles. The summed E-state index contributed by atoms with van der Waals surface area (Å²) >= 11 is 0. The maximum Gasteiger partial charge on any atom is 0.393 e. The second kappa shape index (κ2) is 6.75. The highest BCUT2D eigenvalue weighted by Gasteiger charge is 2.43. The maximum atomic E-state index is 12.6. The van der Waals surface area contributed by atoms with Crippen LogP contribution in [-0.2, 0) is 0 Å². The molecule has 108 valence electrons. The van der Waals surface area contributed by atoms with Gasteiger partial charge in [-0.3, -0.25) is 0 Å². The van der Waals surface area contributed by atoms with Gasteiger partial charge in [0.15, 0.2) is 0 Å². The van der Waals surface area contributed by atoms with Crippen molar-refractivity contribution in [2.24, 2.45) is 11.8 Å². The molecule has 2 nitrogen and oxygen atoms in total. The van der Waals surface area contributed by atoms with Gasteiger partial charge in [-0.15, -0.1) is 0 Å². The number of hydrogen-bond donors (Lipinski definition) is 1. The molecular weight excluding hydrogens is 241 g/mol. The molecular formula is C13H25F3N2. The number of hydrogen-bond acceptors (Lipinski definition) is 2. The molecule has 0 aromatic heterocycles. The van der Waals surface area contributed by atoms with E-state index in [1.54, 1.807) is 0 Å². The minimum Gasteiger partial charge on any atom is -0.312 e. The molecule has 18 heavy (non-hydrogen) atoms. The molecule has 2 unspecified atom stereocenters. The smallest absolute Gasteiger partial charge is 0.312 e. The molecule has 5 heteroatoms. The summed E-state index contributed by atoms with van der Waals surface area (Å²) in [7, 11) is 0. The number of alkyl halides is 3. The molecule has 0 spiro atoms. The summed E-state index contributed by atoms with van der Waals surface area (Å²) < 4.78 is 37.8. The van der Waals surface area contributed by atoms with Gasteiger partial charge in [0.2, 0.25) is 0 Å². The second-order valence-electron chi connectivity index (χ2n) is 5.59. The Kier molecular flexibility index (Phi) is 5.92. The van der Waals surface area contributed by atoms with Crippen LogP contribution in [0.1, 0.15) is 33.6 Å². The summed E-state index contributed by atoms with van der Waals surface area (Å²) in [5.74, 6) is -0.682. The average molecular weight is 266 g/mol. The largest absolute Gasteiger partial charge is 0.393 e. The Morgan fingerprint density at radius 3 is 2.44 bits per heavy atom. The third kappa shape index (κ3) is 4.76. The third-order valence-electron chi connectivity index (χ3n) is 3.65. The summed E-state index contributed by atoms with van der Waals surface area (Å²) in [6.45, 7) is 8.72. The van der Waals surface area contributed by atoms with E-state index in [1.165, 1.54) is 0 Å². The molecule has 0 aromatic rings. The first-order valence-corrected chi connectivity index (χ1v) is 6.87. The zero-order valence-electron chi connectivity index (χ0n) is 11.6. The van der Waals surface area contributed by atoms with E-state index in [0.29, 0.717) is 12.5 Å². The van der Waals surface area contributed by atoms with Gasteiger partial charge in [0.25, 0.3) is 0 Å². The van der Waals surface area contributed by atoms with Crippen LogP contribution < -0.4 is 5.32 Å². The molecule has 0 aliphatic carbocycles. The molecule has 0 saturated carbocycles. The fraction of sp³-hybridized carbons (Fsp3) is 1.00. The lowest BCUT2D eigenvalue weighted by Gasteiger charge is -2.28. The van der Waals surface area contributed by atoms with Gasteiger partial charge in [-0.25, -0.2) is 0 Å². The summed E-state index contributed by atoms with van der Waals surface area (Å²) in [6.07, 6.45) is -2.73. The number of nitrogens with zero attached hydrogens (tertiary/aromatic N) is 1. The molecule has 2 atom stereocenters. The predicted octanol–water partition coefficient (Wildman–Crippen LogP) is 2.89. The molecule has 1 aliphatic rings. The Hall–Kier alpha value is -0.290. The van der Waals surface area contributed by atoms with Gasteiger partial charge in [-0.05, 0) is 31.8 Å². The lowest BCUT2D eigenvalue weighted by Crippen LogP contribution is -2.44. The van der Waals surface area contributed by atoms with E-state index in [4.69, 9.17) is 0 Å². The number of rotatable bonds is 6. The highest BCUT2D eigenvalue weighted by molar-refractivity contribution is 4.84. The topological polar surface area (TPSA) is 15.3 Å². The first-order valence-electron chi connectivity index (χ1n) is 6.87. The Bertz CT molecular complexity index is 241. The zero-order chi connectivity index (χ0) is 13.8. The Morgan fingerprint density at radius 2 is 2.00 bits per heavy atom. The molecule has 1 saturated heterocycles. The van der Waals surface area contributed by atoms with Gasteiger partial charge in [-0.1, -0.05) is 20.8 Å². The van der Waals surface area contributed by atoms with Gasteiger partial charge in [-0.2, -0.15) is 13.2 Å². The Morgan fingerprint density at radius 1 is 1.33 bits per heavy atom. The van der Waals surface area contributed by atoms with Gasteiger partial charge < -0.3 is 10.2 Å². The van der Waals surface area contributed by atoms with Gasteiger partial charge >= 0.3 is 6.18 Å². The van der Waals surface area contributed by atoms with Gasteiger partial charge in [0.05, 0.1) is 5.92 Å². The molecule has 0 bridgehead atoms. The normalized spacial score (nSPS) is 23.8. The van der Waals surface area contributed by atoms with Crippen LogP contribution in [0.4, 0.5) is 13.2 Å². The molecule has 1 N–H and O–H groups in total. The lowest BCUT2D eigenvalue weighted by atomic mass is 10.0. The van der Waals surface area contributed by atoms with Crippen LogP contribution in [0, 0.1) is 11.8 Å². The van der Waals surface area contributed by atoms with E-state index in [1.807, 2.05) is 4.90 Å². The van der Waals surface area contributed by atoms with Crippen molar-refractivity contribution in [3.63, 3.8) is 0 Å². The van der Waals surface area contributed by atoms with Crippen molar-refractivity contribution >= 4 is 0 Å². The number of likely N-dealkylation sites (tertiary alicyclic amines) is 1. The van der Waals surface area contributed by atoms with Gasteiger partial charge in [0, 0.05) is 19.1 Å². The molecule has 1 rings (SSSR count).